The van der Waals surface area contributed by atoms with E-state index < -0.39 is 5.54 Å². The van der Waals surface area contributed by atoms with Crippen LogP contribution in [0.5, 0.6) is 0 Å². The van der Waals surface area contributed by atoms with E-state index in [2.05, 4.69) is 12.2 Å². The lowest BCUT2D eigenvalue weighted by Gasteiger charge is -2.37. The number of hydrogen-bond donors (Lipinski definition) is 3. The van der Waals surface area contributed by atoms with Crippen molar-refractivity contribution in [3.05, 3.63) is 0 Å². The van der Waals surface area contributed by atoms with Crippen LogP contribution in [0.2, 0.25) is 0 Å². The Bertz CT molecular complexity index is 169. The van der Waals surface area contributed by atoms with Gasteiger partial charge in [-0.25, -0.2) is 0 Å². The second-order valence-electron chi connectivity index (χ2n) is 4.89. The maximum atomic E-state index is 9.18. The number of rotatable bonds is 4. The monoisotopic (exact) mass is 201 g/mol. The van der Waals surface area contributed by atoms with Crippen LogP contribution >= 0.6 is 0 Å². The predicted molar refractivity (Wildman–Crippen MR) is 57.1 cm³/mol. The van der Waals surface area contributed by atoms with Crippen molar-refractivity contribution in [1.82, 2.24) is 5.32 Å². The SMILES string of the molecule is CC1CCCCC1NC(C)(CO)CO. The Morgan fingerprint density at radius 2 is 1.79 bits per heavy atom. The Kier molecular flexibility index (Phi) is 4.35. The fraction of sp³-hybridized carbons (Fsp3) is 1.00. The van der Waals surface area contributed by atoms with Crippen molar-refractivity contribution in [1.29, 1.82) is 0 Å². The van der Waals surface area contributed by atoms with Crippen LogP contribution in [0.25, 0.3) is 0 Å². The minimum atomic E-state index is -0.518. The molecule has 0 bridgehead atoms. The lowest BCUT2D eigenvalue weighted by molar-refractivity contribution is 0.0791. The second kappa shape index (κ2) is 5.10. The molecule has 0 spiro atoms. The molecule has 0 aromatic heterocycles. The number of aliphatic hydroxyl groups excluding tert-OH is 2. The Labute approximate surface area is 86.5 Å². The van der Waals surface area contributed by atoms with E-state index in [1.54, 1.807) is 0 Å². The minimum absolute atomic E-state index is 0.00722. The van der Waals surface area contributed by atoms with Crippen LogP contribution in [0.1, 0.15) is 39.5 Å². The Morgan fingerprint density at radius 1 is 1.21 bits per heavy atom. The Morgan fingerprint density at radius 3 is 2.29 bits per heavy atom. The molecule has 2 unspecified atom stereocenters. The molecular weight excluding hydrogens is 178 g/mol. The van der Waals surface area contributed by atoms with Crippen LogP contribution in [-0.4, -0.2) is 35.0 Å². The van der Waals surface area contributed by atoms with E-state index >= 15 is 0 Å². The molecule has 0 heterocycles. The third-order valence-electron chi connectivity index (χ3n) is 3.34. The van der Waals surface area contributed by atoms with Gasteiger partial charge in [0, 0.05) is 6.04 Å². The molecule has 0 saturated heterocycles. The zero-order chi connectivity index (χ0) is 10.6. The minimum Gasteiger partial charge on any atom is -0.394 e. The maximum absolute atomic E-state index is 9.18. The van der Waals surface area contributed by atoms with Gasteiger partial charge in [0.25, 0.3) is 0 Å². The molecule has 0 amide bonds. The molecule has 0 radical (unpaired) electrons. The van der Waals surface area contributed by atoms with Gasteiger partial charge in [-0.2, -0.15) is 0 Å². The lowest BCUT2D eigenvalue weighted by atomic mass is 9.84. The summed E-state index contributed by atoms with van der Waals surface area (Å²) in [7, 11) is 0. The van der Waals surface area contributed by atoms with Crippen molar-refractivity contribution in [3.8, 4) is 0 Å². The van der Waals surface area contributed by atoms with Crippen LogP contribution in [0.3, 0.4) is 0 Å². The third-order valence-corrected chi connectivity index (χ3v) is 3.34. The highest BCUT2D eigenvalue weighted by Gasteiger charge is 2.29. The van der Waals surface area contributed by atoms with E-state index in [9.17, 15) is 10.2 Å². The van der Waals surface area contributed by atoms with Crippen LogP contribution < -0.4 is 5.32 Å². The van der Waals surface area contributed by atoms with E-state index in [4.69, 9.17) is 0 Å². The van der Waals surface area contributed by atoms with E-state index in [-0.39, 0.29) is 13.2 Å². The Balaban J connectivity index is 2.48. The Hall–Kier alpha value is -0.120. The van der Waals surface area contributed by atoms with Gasteiger partial charge in [0.15, 0.2) is 0 Å². The summed E-state index contributed by atoms with van der Waals surface area (Å²) in [6.45, 7) is 4.10. The largest absolute Gasteiger partial charge is 0.394 e. The van der Waals surface area contributed by atoms with Gasteiger partial charge in [0.1, 0.15) is 0 Å². The zero-order valence-electron chi connectivity index (χ0n) is 9.29. The normalized spacial score (nSPS) is 29.1. The highest BCUT2D eigenvalue weighted by molar-refractivity contribution is 4.89. The van der Waals surface area contributed by atoms with Crippen molar-refractivity contribution in [3.63, 3.8) is 0 Å². The van der Waals surface area contributed by atoms with E-state index in [1.807, 2.05) is 6.92 Å². The number of hydrogen-bond acceptors (Lipinski definition) is 3. The fourth-order valence-electron chi connectivity index (χ4n) is 2.12. The molecule has 3 nitrogen and oxygen atoms in total. The quantitative estimate of drug-likeness (QED) is 0.633. The zero-order valence-corrected chi connectivity index (χ0v) is 9.29. The van der Waals surface area contributed by atoms with Crippen LogP contribution in [-0.2, 0) is 0 Å². The van der Waals surface area contributed by atoms with E-state index in [1.165, 1.54) is 19.3 Å². The van der Waals surface area contributed by atoms with Crippen molar-refractivity contribution in [2.45, 2.75) is 51.1 Å². The highest BCUT2D eigenvalue weighted by atomic mass is 16.3. The summed E-state index contributed by atoms with van der Waals surface area (Å²) in [6, 6.07) is 0.452. The molecule has 1 aliphatic carbocycles. The summed E-state index contributed by atoms with van der Waals surface area (Å²) in [6.07, 6.45) is 4.99. The topological polar surface area (TPSA) is 52.5 Å². The molecule has 2 atom stereocenters. The van der Waals surface area contributed by atoms with E-state index in [0.29, 0.717) is 12.0 Å². The number of nitrogens with one attached hydrogen (secondary N) is 1. The van der Waals surface area contributed by atoms with Gasteiger partial charge in [0.05, 0.1) is 18.8 Å². The first kappa shape index (κ1) is 12.0. The summed E-state index contributed by atoms with van der Waals surface area (Å²) in [4.78, 5) is 0. The summed E-state index contributed by atoms with van der Waals surface area (Å²) >= 11 is 0. The molecule has 14 heavy (non-hydrogen) atoms. The summed E-state index contributed by atoms with van der Waals surface area (Å²) in [5.74, 6) is 0.654. The molecule has 0 aromatic carbocycles. The fourth-order valence-corrected chi connectivity index (χ4v) is 2.12. The molecule has 84 valence electrons. The molecule has 1 rings (SSSR count). The van der Waals surface area contributed by atoms with Crippen molar-refractivity contribution in [2.75, 3.05) is 13.2 Å². The third kappa shape index (κ3) is 2.94. The molecule has 0 aromatic rings. The van der Waals surface area contributed by atoms with Crippen molar-refractivity contribution >= 4 is 0 Å². The second-order valence-corrected chi connectivity index (χ2v) is 4.89. The molecule has 0 aliphatic heterocycles. The van der Waals surface area contributed by atoms with Gasteiger partial charge < -0.3 is 15.5 Å². The predicted octanol–water partition coefficient (Wildman–Crippen LogP) is 0.898. The van der Waals surface area contributed by atoms with Gasteiger partial charge >= 0.3 is 0 Å². The molecule has 1 fully saturated rings. The van der Waals surface area contributed by atoms with Gasteiger partial charge in [-0.05, 0) is 25.7 Å². The van der Waals surface area contributed by atoms with Gasteiger partial charge in [-0.1, -0.05) is 19.8 Å². The smallest absolute Gasteiger partial charge is 0.0633 e. The van der Waals surface area contributed by atoms with Gasteiger partial charge in [-0.15, -0.1) is 0 Å². The van der Waals surface area contributed by atoms with Crippen molar-refractivity contribution < 1.29 is 10.2 Å². The average molecular weight is 201 g/mol. The van der Waals surface area contributed by atoms with Gasteiger partial charge in [-0.3, -0.25) is 0 Å². The summed E-state index contributed by atoms with van der Waals surface area (Å²) in [5.41, 5.74) is -0.518. The summed E-state index contributed by atoms with van der Waals surface area (Å²) in [5, 5.41) is 21.7. The molecular formula is C11H23NO2. The lowest BCUT2D eigenvalue weighted by Crippen LogP contribution is -2.55. The first-order chi connectivity index (χ1) is 6.61. The standard InChI is InChI=1S/C11H23NO2/c1-9-5-3-4-6-10(9)12-11(2,7-13)8-14/h9-10,12-14H,3-8H2,1-2H3. The van der Waals surface area contributed by atoms with Crippen LogP contribution in [0.4, 0.5) is 0 Å². The first-order valence-electron chi connectivity index (χ1n) is 5.61. The van der Waals surface area contributed by atoms with Crippen molar-refractivity contribution in [2.24, 2.45) is 5.92 Å². The number of aliphatic hydroxyl groups is 2. The highest BCUT2D eigenvalue weighted by Crippen LogP contribution is 2.25. The molecule has 1 aliphatic rings. The molecule has 3 N–H and O–H groups in total. The maximum Gasteiger partial charge on any atom is 0.0633 e. The van der Waals surface area contributed by atoms with E-state index in [0.717, 1.165) is 6.42 Å². The van der Waals surface area contributed by atoms with Gasteiger partial charge in [0.2, 0.25) is 0 Å². The average Bonchev–Trinajstić information content (AvgIpc) is 2.21. The van der Waals surface area contributed by atoms with Crippen LogP contribution in [0.15, 0.2) is 0 Å². The molecule has 1 saturated carbocycles. The first-order valence-corrected chi connectivity index (χ1v) is 5.61. The summed E-state index contributed by atoms with van der Waals surface area (Å²) < 4.78 is 0. The molecule has 3 heteroatoms. The van der Waals surface area contributed by atoms with Crippen LogP contribution in [0, 0.1) is 5.92 Å².